The molecule has 0 saturated heterocycles. The summed E-state index contributed by atoms with van der Waals surface area (Å²) < 4.78 is 0. The molecule has 0 aliphatic carbocycles. The van der Waals surface area contributed by atoms with E-state index in [1.54, 1.807) is 4.90 Å². The van der Waals surface area contributed by atoms with Crippen molar-refractivity contribution in [3.63, 3.8) is 0 Å². The molecule has 0 fully saturated rings. The minimum absolute atomic E-state index is 0.179. The van der Waals surface area contributed by atoms with Gasteiger partial charge in [0.25, 0.3) is 0 Å². The third-order valence-electron chi connectivity index (χ3n) is 2.21. The van der Waals surface area contributed by atoms with Crippen LogP contribution in [0.1, 0.15) is 27.7 Å². The fourth-order valence-corrected chi connectivity index (χ4v) is 2.30. The second-order valence-corrected chi connectivity index (χ2v) is 7.15. The van der Waals surface area contributed by atoms with E-state index in [0.717, 1.165) is 0 Å². The zero-order valence-corrected chi connectivity index (χ0v) is 14.4. The lowest BCUT2D eigenvalue weighted by Gasteiger charge is -2.29. The van der Waals surface area contributed by atoms with E-state index < -0.39 is 15.6 Å². The number of carbonyl (C=O) groups is 2. The van der Waals surface area contributed by atoms with E-state index in [2.05, 4.69) is 31.9 Å². The molecule has 1 N–H and O–H groups in total. The normalized spacial score (nSPS) is 14.7. The number of nitrogens with zero attached hydrogens (tertiary/aromatic N) is 1. The summed E-state index contributed by atoms with van der Waals surface area (Å²) in [7, 11) is 0. The van der Waals surface area contributed by atoms with Crippen LogP contribution in [-0.4, -0.2) is 44.6 Å². The van der Waals surface area contributed by atoms with Gasteiger partial charge in [-0.15, -0.1) is 0 Å². The molecule has 4 nitrogen and oxygen atoms in total. The molecule has 0 aromatic rings. The maximum absolute atomic E-state index is 12.2. The van der Waals surface area contributed by atoms with Crippen LogP contribution in [0.15, 0.2) is 0 Å². The molecule has 0 aromatic heterocycles. The van der Waals surface area contributed by atoms with Gasteiger partial charge >= 0.3 is 5.97 Å². The van der Waals surface area contributed by atoms with Gasteiger partial charge < -0.3 is 10.0 Å². The first-order valence-electron chi connectivity index (χ1n) is 5.96. The summed E-state index contributed by atoms with van der Waals surface area (Å²) in [6, 6.07) is 0. The van der Waals surface area contributed by atoms with Crippen LogP contribution in [-0.2, 0) is 9.59 Å². The van der Waals surface area contributed by atoms with Crippen molar-refractivity contribution in [2.75, 3.05) is 13.1 Å². The highest BCUT2D eigenvalue weighted by atomic mass is 79.9. The molecule has 0 saturated carbocycles. The number of rotatable bonds is 7. The average molecular weight is 387 g/mol. The molecular weight excluding hydrogens is 366 g/mol. The van der Waals surface area contributed by atoms with Crippen LogP contribution in [0.2, 0.25) is 0 Å². The Morgan fingerprint density at radius 3 is 1.67 bits per heavy atom. The van der Waals surface area contributed by atoms with Gasteiger partial charge in [-0.05, 0) is 11.8 Å². The third-order valence-corrected chi connectivity index (χ3v) is 4.76. The minimum atomic E-state index is -1.04. The molecule has 0 heterocycles. The lowest BCUT2D eigenvalue weighted by Crippen LogP contribution is -2.45. The lowest BCUT2D eigenvalue weighted by atomic mass is 10.1. The van der Waals surface area contributed by atoms with Crippen molar-refractivity contribution in [1.29, 1.82) is 0 Å². The Bertz CT molecular complexity index is 285. The Hall–Kier alpha value is -0.100. The number of hydrogen-bond acceptors (Lipinski definition) is 2. The largest absolute Gasteiger partial charge is 0.480 e. The van der Waals surface area contributed by atoms with E-state index >= 15 is 0 Å². The summed E-state index contributed by atoms with van der Waals surface area (Å²) in [4.78, 5) is 23.2. The van der Waals surface area contributed by atoms with E-state index in [1.165, 1.54) is 0 Å². The van der Waals surface area contributed by atoms with E-state index in [9.17, 15) is 9.59 Å². The summed E-state index contributed by atoms with van der Waals surface area (Å²) in [6.07, 6.45) is 0. The number of halogens is 2. The van der Waals surface area contributed by atoms with Gasteiger partial charge in [0.05, 0.1) is 0 Å². The van der Waals surface area contributed by atoms with Crippen LogP contribution in [0.3, 0.4) is 0 Å². The molecule has 1 amide bonds. The molecule has 0 rings (SSSR count). The Morgan fingerprint density at radius 2 is 1.39 bits per heavy atom. The second-order valence-electron chi connectivity index (χ2n) is 5.17. The molecule has 0 aromatic carbocycles. The first-order valence-corrected chi connectivity index (χ1v) is 7.79. The maximum Gasteiger partial charge on any atom is 0.318 e. The highest BCUT2D eigenvalue weighted by molar-refractivity contribution is 9.12. The van der Waals surface area contributed by atoms with Gasteiger partial charge in [0.15, 0.2) is 0 Å². The number of carboxylic acid groups (broad SMARTS) is 1. The highest BCUT2D eigenvalue weighted by Gasteiger charge is 2.32. The number of hydrogen-bond donors (Lipinski definition) is 1. The molecular formula is C12H21Br2NO3. The van der Waals surface area contributed by atoms with Crippen LogP contribution < -0.4 is 0 Å². The molecule has 0 unspecified atom stereocenters. The monoisotopic (exact) mass is 385 g/mol. The van der Waals surface area contributed by atoms with Crippen molar-refractivity contribution in [2.24, 2.45) is 11.8 Å². The van der Waals surface area contributed by atoms with Crippen molar-refractivity contribution in [1.82, 2.24) is 4.90 Å². The van der Waals surface area contributed by atoms with E-state index in [0.29, 0.717) is 24.9 Å². The second kappa shape index (κ2) is 8.15. The fourth-order valence-electron chi connectivity index (χ4n) is 1.56. The summed E-state index contributed by atoms with van der Waals surface area (Å²) in [6.45, 7) is 9.41. The van der Waals surface area contributed by atoms with Crippen molar-refractivity contribution in [3.8, 4) is 0 Å². The SMILES string of the molecule is CC(C)CN(CC(C)C)C(=O)[C@@H](Br)[C@H](Br)C(=O)O. The van der Waals surface area contributed by atoms with Crippen LogP contribution in [0.4, 0.5) is 0 Å². The van der Waals surface area contributed by atoms with Crippen molar-refractivity contribution < 1.29 is 14.7 Å². The fraction of sp³-hybridized carbons (Fsp3) is 0.833. The van der Waals surface area contributed by atoms with E-state index in [4.69, 9.17) is 5.11 Å². The molecule has 0 aliphatic rings. The molecule has 0 bridgehead atoms. The van der Waals surface area contributed by atoms with Crippen LogP contribution >= 0.6 is 31.9 Å². The Labute approximate surface area is 125 Å². The van der Waals surface area contributed by atoms with E-state index in [-0.39, 0.29) is 5.91 Å². The number of aliphatic carboxylic acids is 1. The molecule has 2 atom stereocenters. The van der Waals surface area contributed by atoms with Gasteiger partial charge in [-0.25, -0.2) is 0 Å². The van der Waals surface area contributed by atoms with Crippen molar-refractivity contribution >= 4 is 43.7 Å². The summed E-state index contributed by atoms with van der Waals surface area (Å²) >= 11 is 6.19. The predicted molar refractivity (Wildman–Crippen MR) is 79.3 cm³/mol. The Kier molecular flexibility index (Phi) is 8.10. The zero-order chi connectivity index (χ0) is 14.5. The lowest BCUT2D eigenvalue weighted by molar-refractivity contribution is -0.139. The van der Waals surface area contributed by atoms with Gasteiger partial charge in [0.1, 0.15) is 9.65 Å². The minimum Gasteiger partial charge on any atom is -0.480 e. The highest BCUT2D eigenvalue weighted by Crippen LogP contribution is 2.19. The molecule has 106 valence electrons. The Balaban J connectivity index is 4.77. The topological polar surface area (TPSA) is 57.6 Å². The quantitative estimate of drug-likeness (QED) is 0.684. The number of alkyl halides is 2. The molecule has 0 radical (unpaired) electrons. The van der Waals surface area contributed by atoms with Gasteiger partial charge in [-0.2, -0.15) is 0 Å². The summed E-state index contributed by atoms with van der Waals surface area (Å²) in [5.74, 6) is -0.516. The first kappa shape index (κ1) is 17.9. The van der Waals surface area contributed by atoms with Crippen LogP contribution in [0.25, 0.3) is 0 Å². The summed E-state index contributed by atoms with van der Waals surface area (Å²) in [5.41, 5.74) is 0. The first-order chi connectivity index (χ1) is 8.16. The number of amides is 1. The summed E-state index contributed by atoms with van der Waals surface area (Å²) in [5, 5.41) is 8.90. The maximum atomic E-state index is 12.2. The van der Waals surface area contributed by atoms with Crippen LogP contribution in [0, 0.1) is 11.8 Å². The average Bonchev–Trinajstić information content (AvgIpc) is 2.23. The number of carboxylic acids is 1. The van der Waals surface area contributed by atoms with E-state index in [1.807, 2.05) is 27.7 Å². The van der Waals surface area contributed by atoms with Gasteiger partial charge in [0.2, 0.25) is 5.91 Å². The van der Waals surface area contributed by atoms with Crippen molar-refractivity contribution in [3.05, 3.63) is 0 Å². The third kappa shape index (κ3) is 6.18. The molecule has 18 heavy (non-hydrogen) atoms. The standard InChI is InChI=1S/C12H21Br2NO3/c1-7(2)5-15(6-8(3)4)11(16)9(13)10(14)12(17)18/h7-10H,5-6H2,1-4H3,(H,17,18)/t9-,10-/m0/s1. The predicted octanol–water partition coefficient (Wildman–Crippen LogP) is 2.74. The molecule has 0 spiro atoms. The smallest absolute Gasteiger partial charge is 0.318 e. The van der Waals surface area contributed by atoms with Crippen LogP contribution in [0.5, 0.6) is 0 Å². The van der Waals surface area contributed by atoms with Crippen molar-refractivity contribution in [2.45, 2.75) is 37.3 Å². The van der Waals surface area contributed by atoms with Gasteiger partial charge in [0, 0.05) is 13.1 Å². The number of carbonyl (C=O) groups excluding carboxylic acids is 1. The Morgan fingerprint density at radius 1 is 1.00 bits per heavy atom. The van der Waals surface area contributed by atoms with Gasteiger partial charge in [-0.3, -0.25) is 9.59 Å². The van der Waals surface area contributed by atoms with Gasteiger partial charge in [-0.1, -0.05) is 59.6 Å². The zero-order valence-electron chi connectivity index (χ0n) is 11.2. The molecule has 6 heteroatoms. The molecule has 0 aliphatic heterocycles.